The number of aryl methyl sites for hydroxylation is 2. The summed E-state index contributed by atoms with van der Waals surface area (Å²) in [4.78, 5) is 0. The Kier molecular flexibility index (Phi) is 7.96. The Morgan fingerprint density at radius 1 is 0.633 bits per heavy atom. The lowest BCUT2D eigenvalue weighted by Crippen LogP contribution is -1.97. The molecule has 0 aliphatic rings. The van der Waals surface area contributed by atoms with Gasteiger partial charge in [0.25, 0.3) is 0 Å². The summed E-state index contributed by atoms with van der Waals surface area (Å²) in [7, 11) is 0. The molecule has 0 atom stereocenters. The maximum atomic E-state index is 6.32. The zero-order valence-electron chi connectivity index (χ0n) is 18.8. The van der Waals surface area contributed by atoms with E-state index in [2.05, 4.69) is 76.2 Å². The minimum Gasteiger partial charge on any atom is -0.464 e. The van der Waals surface area contributed by atoms with Crippen LogP contribution >= 0.6 is 0 Å². The van der Waals surface area contributed by atoms with Crippen LogP contribution in [0, 0.1) is 0 Å². The van der Waals surface area contributed by atoms with Gasteiger partial charge < -0.3 is 9.47 Å². The van der Waals surface area contributed by atoms with Crippen molar-refractivity contribution in [2.24, 2.45) is 0 Å². The van der Waals surface area contributed by atoms with Crippen LogP contribution in [0.1, 0.15) is 64.5 Å². The van der Waals surface area contributed by atoms with E-state index in [9.17, 15) is 0 Å². The average Bonchev–Trinajstić information content (AvgIpc) is 2.79. The van der Waals surface area contributed by atoms with Gasteiger partial charge >= 0.3 is 0 Å². The smallest absolute Gasteiger partial charge is 0.142 e. The molecule has 0 amide bonds. The van der Waals surface area contributed by atoms with E-state index < -0.39 is 0 Å². The van der Waals surface area contributed by atoms with Crippen LogP contribution in [0.3, 0.4) is 0 Å². The van der Waals surface area contributed by atoms with Crippen LogP contribution < -0.4 is 9.47 Å². The van der Waals surface area contributed by atoms with Gasteiger partial charge in [0.15, 0.2) is 0 Å². The van der Waals surface area contributed by atoms with Gasteiger partial charge in [-0.1, -0.05) is 76.9 Å². The summed E-state index contributed by atoms with van der Waals surface area (Å²) < 4.78 is 12.6. The van der Waals surface area contributed by atoms with Gasteiger partial charge in [-0.25, -0.2) is 0 Å². The zero-order valence-corrected chi connectivity index (χ0v) is 18.8. The van der Waals surface area contributed by atoms with Crippen molar-refractivity contribution in [2.45, 2.75) is 66.2 Å². The lowest BCUT2D eigenvalue weighted by molar-refractivity contribution is 0.481. The van der Waals surface area contributed by atoms with Gasteiger partial charge in [0.1, 0.15) is 11.5 Å². The Labute approximate surface area is 181 Å². The quantitative estimate of drug-likeness (QED) is 0.250. The van der Waals surface area contributed by atoms with Gasteiger partial charge in [-0.3, -0.25) is 0 Å². The maximum absolute atomic E-state index is 6.32. The fourth-order valence-corrected chi connectivity index (χ4v) is 3.92. The predicted octanol–water partition coefficient (Wildman–Crippen LogP) is 8.50. The van der Waals surface area contributed by atoms with Crippen molar-refractivity contribution in [3.05, 3.63) is 72.2 Å². The van der Waals surface area contributed by atoms with Crippen molar-refractivity contribution in [3.8, 4) is 11.5 Å². The molecule has 158 valence electrons. The molecule has 3 aromatic rings. The summed E-state index contributed by atoms with van der Waals surface area (Å²) in [5, 5.41) is 4.53. The first kappa shape index (κ1) is 22.0. The first-order chi connectivity index (χ1) is 14.8. The lowest BCUT2D eigenvalue weighted by atomic mass is 9.93. The standard InChI is InChI=1S/C28H34O2/c1-5-9-11-19-29-27-23-17-13-16-22(8-4)26(23)28(30-20-12-10-6-2)24-18-14-15-21(7-3)25(24)27/h11-20H,5-10H2,1-4H3/b19-11-,20-12-. The molecular formula is C28H34O2. The molecule has 0 spiro atoms. The average molecular weight is 403 g/mol. The fraction of sp³-hybridized carbons (Fsp3) is 0.357. The minimum atomic E-state index is 0.935. The molecule has 0 heterocycles. The molecule has 0 aromatic heterocycles. The highest BCUT2D eigenvalue weighted by molar-refractivity contribution is 6.13. The molecule has 3 aromatic carbocycles. The second kappa shape index (κ2) is 10.9. The topological polar surface area (TPSA) is 18.5 Å². The van der Waals surface area contributed by atoms with Gasteiger partial charge in [-0.05, 0) is 49.0 Å². The molecule has 30 heavy (non-hydrogen) atoms. The molecule has 3 rings (SSSR count). The fourth-order valence-electron chi connectivity index (χ4n) is 3.92. The molecule has 0 N–H and O–H groups in total. The second-order valence-electron chi connectivity index (χ2n) is 7.60. The minimum absolute atomic E-state index is 0.935. The van der Waals surface area contributed by atoms with Crippen LogP contribution in [-0.4, -0.2) is 0 Å². The van der Waals surface area contributed by atoms with E-state index in [1.165, 1.54) is 11.1 Å². The molecular weight excluding hydrogens is 368 g/mol. The number of rotatable bonds is 10. The predicted molar refractivity (Wildman–Crippen MR) is 130 cm³/mol. The van der Waals surface area contributed by atoms with Gasteiger partial charge in [0.2, 0.25) is 0 Å². The van der Waals surface area contributed by atoms with Crippen LogP contribution in [-0.2, 0) is 12.8 Å². The van der Waals surface area contributed by atoms with Crippen molar-refractivity contribution in [1.29, 1.82) is 0 Å². The Morgan fingerprint density at radius 3 is 1.43 bits per heavy atom. The summed E-state index contributed by atoms with van der Waals surface area (Å²) in [5.74, 6) is 1.87. The molecule has 0 saturated carbocycles. The van der Waals surface area contributed by atoms with E-state index >= 15 is 0 Å². The summed E-state index contributed by atoms with van der Waals surface area (Å²) >= 11 is 0. The number of hydrogen-bond acceptors (Lipinski definition) is 2. The Hall–Kier alpha value is -2.74. The van der Waals surface area contributed by atoms with E-state index in [0.717, 1.165) is 71.6 Å². The van der Waals surface area contributed by atoms with E-state index in [0.29, 0.717) is 0 Å². The SMILES string of the molecule is CCC/C=C\Oc1c2cccc(CC)c2c(O/C=C\CCC)c2cccc(CC)c12. The highest BCUT2D eigenvalue weighted by Gasteiger charge is 2.19. The normalized spacial score (nSPS) is 11.9. The van der Waals surface area contributed by atoms with Crippen molar-refractivity contribution < 1.29 is 9.47 Å². The molecule has 2 nitrogen and oxygen atoms in total. The Balaban J connectivity index is 2.34. The Morgan fingerprint density at radius 2 is 1.07 bits per heavy atom. The van der Waals surface area contributed by atoms with E-state index in [4.69, 9.17) is 9.47 Å². The molecule has 0 aliphatic carbocycles. The number of allylic oxidation sites excluding steroid dienone is 2. The number of hydrogen-bond donors (Lipinski definition) is 0. The Bertz CT molecular complexity index is 958. The van der Waals surface area contributed by atoms with Crippen LogP contribution in [0.5, 0.6) is 11.5 Å². The van der Waals surface area contributed by atoms with Crippen LogP contribution in [0.2, 0.25) is 0 Å². The first-order valence-corrected chi connectivity index (χ1v) is 11.4. The number of unbranched alkanes of at least 4 members (excludes halogenated alkanes) is 2. The van der Waals surface area contributed by atoms with Crippen LogP contribution in [0.15, 0.2) is 61.1 Å². The third-order valence-electron chi connectivity index (χ3n) is 5.48. The zero-order chi connectivity index (χ0) is 21.3. The summed E-state index contributed by atoms with van der Waals surface area (Å²) in [5.41, 5.74) is 2.55. The molecule has 2 heteroatoms. The highest BCUT2D eigenvalue weighted by Crippen LogP contribution is 2.46. The lowest BCUT2D eigenvalue weighted by Gasteiger charge is -2.19. The summed E-state index contributed by atoms with van der Waals surface area (Å²) in [6, 6.07) is 13.0. The second-order valence-corrected chi connectivity index (χ2v) is 7.60. The van der Waals surface area contributed by atoms with Gasteiger partial charge in [0, 0.05) is 21.5 Å². The molecule has 0 radical (unpaired) electrons. The first-order valence-electron chi connectivity index (χ1n) is 11.4. The van der Waals surface area contributed by atoms with Crippen molar-refractivity contribution in [3.63, 3.8) is 0 Å². The van der Waals surface area contributed by atoms with Gasteiger partial charge in [-0.2, -0.15) is 0 Å². The molecule has 0 fully saturated rings. The van der Waals surface area contributed by atoms with Crippen molar-refractivity contribution >= 4 is 21.5 Å². The highest BCUT2D eigenvalue weighted by atomic mass is 16.5. The number of fused-ring (bicyclic) bond motifs is 2. The number of benzene rings is 3. The van der Waals surface area contributed by atoms with Crippen LogP contribution in [0.25, 0.3) is 21.5 Å². The number of ether oxygens (including phenoxy) is 2. The van der Waals surface area contributed by atoms with Gasteiger partial charge in [-0.15, -0.1) is 0 Å². The largest absolute Gasteiger partial charge is 0.464 e. The van der Waals surface area contributed by atoms with Crippen molar-refractivity contribution in [1.82, 2.24) is 0 Å². The van der Waals surface area contributed by atoms with Crippen LogP contribution in [0.4, 0.5) is 0 Å². The third kappa shape index (κ3) is 4.53. The van der Waals surface area contributed by atoms with E-state index in [1.54, 1.807) is 0 Å². The molecule has 0 unspecified atom stereocenters. The molecule has 0 aliphatic heterocycles. The van der Waals surface area contributed by atoms with Gasteiger partial charge in [0.05, 0.1) is 12.5 Å². The van der Waals surface area contributed by atoms with Crippen molar-refractivity contribution in [2.75, 3.05) is 0 Å². The molecule has 0 bridgehead atoms. The third-order valence-corrected chi connectivity index (χ3v) is 5.48. The van der Waals surface area contributed by atoms with E-state index in [-0.39, 0.29) is 0 Å². The summed E-state index contributed by atoms with van der Waals surface area (Å²) in [6.45, 7) is 8.74. The monoisotopic (exact) mass is 402 g/mol. The molecule has 0 saturated heterocycles. The van der Waals surface area contributed by atoms with E-state index in [1.807, 2.05) is 12.5 Å². The maximum Gasteiger partial charge on any atom is 0.142 e. The summed E-state index contributed by atoms with van der Waals surface area (Å²) in [6.07, 6.45) is 14.0.